The summed E-state index contributed by atoms with van der Waals surface area (Å²) in [5.41, 5.74) is 2.94. The molecule has 0 aromatic heterocycles. The maximum absolute atomic E-state index is 11.7. The second-order valence-corrected chi connectivity index (χ2v) is 11.4. The zero-order valence-corrected chi connectivity index (χ0v) is 22.2. The Hall–Kier alpha value is -2.05. The smallest absolute Gasteiger partial charge is 0.294 e. The topological polar surface area (TPSA) is 69.6 Å². The van der Waals surface area contributed by atoms with Crippen molar-refractivity contribution in [2.24, 2.45) is 0 Å². The van der Waals surface area contributed by atoms with Crippen molar-refractivity contribution >= 4 is 21.5 Å². The van der Waals surface area contributed by atoms with Gasteiger partial charge in [0.05, 0.1) is 22.4 Å². The number of anilines is 2. The fourth-order valence-corrected chi connectivity index (χ4v) is 5.52. The van der Waals surface area contributed by atoms with Crippen LogP contribution in [0, 0.1) is 0 Å². The van der Waals surface area contributed by atoms with Gasteiger partial charge in [-0.15, -0.1) is 0 Å². The number of nitrogens with one attached hydrogen (secondary N) is 1. The summed E-state index contributed by atoms with van der Waals surface area (Å²) in [6, 6.07) is 15.0. The lowest BCUT2D eigenvalue weighted by Crippen LogP contribution is -2.35. The number of hydrogen-bond donors (Lipinski definition) is 2. The lowest BCUT2D eigenvalue weighted by molar-refractivity contribution is 0.483. The monoisotopic (exact) mass is 500 g/mol. The second-order valence-electron chi connectivity index (χ2n) is 9.96. The molecule has 0 spiro atoms. The molecule has 2 N–H and O–H groups in total. The van der Waals surface area contributed by atoms with Crippen LogP contribution in [0.3, 0.4) is 0 Å². The van der Waals surface area contributed by atoms with Gasteiger partial charge in [-0.25, -0.2) is 0 Å². The van der Waals surface area contributed by atoms with Gasteiger partial charge < -0.3 is 10.2 Å². The molecular weight excluding hydrogens is 456 g/mol. The fraction of sp³-hybridized carbons (Fsp3) is 0.586. The molecule has 0 fully saturated rings. The van der Waals surface area contributed by atoms with E-state index in [0.29, 0.717) is 6.54 Å². The summed E-state index contributed by atoms with van der Waals surface area (Å²) >= 11 is 0. The minimum atomic E-state index is -4.23. The first-order chi connectivity index (χ1) is 17.0. The van der Waals surface area contributed by atoms with Crippen molar-refractivity contribution in [1.29, 1.82) is 0 Å². The highest BCUT2D eigenvalue weighted by molar-refractivity contribution is 7.85. The minimum absolute atomic E-state index is 0.0577. The number of unbranched alkanes of at least 4 members (excludes halogenated alkanes) is 12. The second kappa shape index (κ2) is 14.5. The fourth-order valence-electron chi connectivity index (χ4n) is 5.02. The first-order valence-corrected chi connectivity index (χ1v) is 15.1. The quantitative estimate of drug-likeness (QED) is 0.169. The molecule has 0 radical (unpaired) electrons. The summed E-state index contributed by atoms with van der Waals surface area (Å²) in [5.74, 6) is 0. The van der Waals surface area contributed by atoms with E-state index in [9.17, 15) is 13.0 Å². The van der Waals surface area contributed by atoms with Gasteiger partial charge in [0.25, 0.3) is 10.1 Å². The van der Waals surface area contributed by atoms with E-state index in [2.05, 4.69) is 29.3 Å². The number of fused-ring (bicyclic) bond motifs is 1. The van der Waals surface area contributed by atoms with Crippen LogP contribution in [-0.2, 0) is 16.7 Å². The molecule has 0 bridgehead atoms. The summed E-state index contributed by atoms with van der Waals surface area (Å²) in [6.45, 7) is 2.96. The van der Waals surface area contributed by atoms with Crippen LogP contribution in [0.2, 0.25) is 0 Å². The number of nitrogens with zero attached hydrogens (tertiary/aromatic N) is 1. The summed E-state index contributed by atoms with van der Waals surface area (Å²) in [7, 11) is -4.23. The summed E-state index contributed by atoms with van der Waals surface area (Å²) in [6.07, 6.45) is 18.5. The summed E-state index contributed by atoms with van der Waals surface area (Å²) in [4.78, 5) is 2.18. The van der Waals surface area contributed by atoms with E-state index in [1.807, 2.05) is 18.2 Å². The van der Waals surface area contributed by atoms with Crippen molar-refractivity contribution in [2.45, 2.75) is 114 Å². The molecular formula is C29H44N2O3S. The van der Waals surface area contributed by atoms with Crippen molar-refractivity contribution in [3.63, 3.8) is 0 Å². The average molecular weight is 501 g/mol. The molecule has 0 aliphatic carbocycles. The molecule has 0 amide bonds. The van der Waals surface area contributed by atoms with E-state index in [4.69, 9.17) is 0 Å². The Morgan fingerprint density at radius 1 is 0.800 bits per heavy atom. The van der Waals surface area contributed by atoms with Gasteiger partial charge in [-0.3, -0.25) is 4.55 Å². The van der Waals surface area contributed by atoms with E-state index < -0.39 is 10.1 Å². The molecule has 1 aliphatic heterocycles. The molecule has 1 unspecified atom stereocenters. The van der Waals surface area contributed by atoms with Gasteiger partial charge in [0.2, 0.25) is 0 Å². The predicted molar refractivity (Wildman–Crippen MR) is 147 cm³/mol. The minimum Gasteiger partial charge on any atom is -0.363 e. The third kappa shape index (κ3) is 9.16. The van der Waals surface area contributed by atoms with Gasteiger partial charge in [-0.1, -0.05) is 114 Å². The Morgan fingerprint density at radius 3 is 1.94 bits per heavy atom. The van der Waals surface area contributed by atoms with Crippen LogP contribution in [0.5, 0.6) is 0 Å². The Kier molecular flexibility index (Phi) is 11.4. The standard InChI is InChI=1S/C29H44N2O3S/c1-2-3-4-5-6-7-8-9-10-11-12-13-17-20-29-30-27-22-21-26(35(32,33)34)23-28(27)31(29)24-25-18-15-14-16-19-25/h14-16,18-19,21-23,29-30H,2-13,17,20,24H2,1H3,(H,32,33,34). The zero-order valence-electron chi connectivity index (χ0n) is 21.4. The SMILES string of the molecule is CCCCCCCCCCCCCCCC1Nc2ccc(S(=O)(=O)O)cc2N1Cc1ccccc1. The van der Waals surface area contributed by atoms with Gasteiger partial charge in [0, 0.05) is 6.54 Å². The van der Waals surface area contributed by atoms with Crippen LogP contribution >= 0.6 is 0 Å². The lowest BCUT2D eigenvalue weighted by atomic mass is 10.0. The van der Waals surface area contributed by atoms with Gasteiger partial charge in [-0.2, -0.15) is 8.42 Å². The van der Waals surface area contributed by atoms with E-state index in [1.54, 1.807) is 12.1 Å². The highest BCUT2D eigenvalue weighted by Gasteiger charge is 2.29. The molecule has 194 valence electrons. The van der Waals surface area contributed by atoms with Crippen LogP contribution in [-0.4, -0.2) is 19.1 Å². The first kappa shape index (κ1) is 27.5. The van der Waals surface area contributed by atoms with Crippen molar-refractivity contribution in [3.8, 4) is 0 Å². The first-order valence-electron chi connectivity index (χ1n) is 13.7. The Balaban J connectivity index is 1.42. The highest BCUT2D eigenvalue weighted by Crippen LogP contribution is 2.38. The van der Waals surface area contributed by atoms with Gasteiger partial charge >= 0.3 is 0 Å². The van der Waals surface area contributed by atoms with Crippen LogP contribution in [0.15, 0.2) is 53.4 Å². The van der Waals surface area contributed by atoms with Crippen molar-refractivity contribution in [3.05, 3.63) is 54.1 Å². The number of hydrogen-bond acceptors (Lipinski definition) is 4. The molecule has 0 saturated carbocycles. The molecule has 2 aromatic carbocycles. The average Bonchev–Trinajstić information content (AvgIpc) is 3.18. The summed E-state index contributed by atoms with van der Waals surface area (Å²) in [5, 5.41) is 3.58. The summed E-state index contributed by atoms with van der Waals surface area (Å²) < 4.78 is 32.9. The third-order valence-corrected chi connectivity index (χ3v) is 7.90. The van der Waals surface area contributed by atoms with Crippen LogP contribution in [0.1, 0.15) is 102 Å². The van der Waals surface area contributed by atoms with Crippen LogP contribution < -0.4 is 10.2 Å². The molecule has 1 atom stereocenters. The highest BCUT2D eigenvalue weighted by atomic mass is 32.2. The van der Waals surface area contributed by atoms with E-state index >= 15 is 0 Å². The molecule has 35 heavy (non-hydrogen) atoms. The molecule has 3 rings (SSSR count). The van der Waals surface area contributed by atoms with Gasteiger partial charge in [0.1, 0.15) is 0 Å². The Labute approximate surface area is 213 Å². The predicted octanol–water partition coefficient (Wildman–Crippen LogP) is 8.17. The molecule has 6 heteroatoms. The number of rotatable bonds is 17. The van der Waals surface area contributed by atoms with E-state index in [0.717, 1.165) is 24.2 Å². The Bertz CT molecular complexity index is 979. The third-order valence-electron chi connectivity index (χ3n) is 7.05. The molecule has 5 nitrogen and oxygen atoms in total. The van der Waals surface area contributed by atoms with Crippen molar-refractivity contribution in [1.82, 2.24) is 0 Å². The van der Waals surface area contributed by atoms with Crippen LogP contribution in [0.4, 0.5) is 11.4 Å². The molecule has 1 heterocycles. The lowest BCUT2D eigenvalue weighted by Gasteiger charge is -2.27. The Morgan fingerprint density at radius 2 is 1.37 bits per heavy atom. The molecule has 2 aromatic rings. The largest absolute Gasteiger partial charge is 0.363 e. The normalized spacial score (nSPS) is 15.3. The zero-order chi connectivity index (χ0) is 24.9. The van der Waals surface area contributed by atoms with Gasteiger partial charge in [-0.05, 0) is 36.6 Å². The van der Waals surface area contributed by atoms with E-state index in [-0.39, 0.29) is 11.1 Å². The maximum atomic E-state index is 11.7. The molecule has 1 aliphatic rings. The van der Waals surface area contributed by atoms with Crippen molar-refractivity contribution in [2.75, 3.05) is 10.2 Å². The van der Waals surface area contributed by atoms with Gasteiger partial charge in [0.15, 0.2) is 0 Å². The molecule has 0 saturated heterocycles. The number of benzene rings is 2. The van der Waals surface area contributed by atoms with Crippen LogP contribution in [0.25, 0.3) is 0 Å². The van der Waals surface area contributed by atoms with E-state index in [1.165, 1.54) is 88.7 Å². The maximum Gasteiger partial charge on any atom is 0.294 e. The van der Waals surface area contributed by atoms with Crippen molar-refractivity contribution < 1.29 is 13.0 Å².